The Morgan fingerprint density at radius 1 is 1.00 bits per heavy atom. The van der Waals surface area contributed by atoms with Crippen LogP contribution in [0.15, 0.2) is 59.8 Å². The number of halogens is 6. The molecule has 2 aromatic rings. The van der Waals surface area contributed by atoms with Crippen molar-refractivity contribution in [3.05, 3.63) is 76.5 Å². The fourth-order valence-corrected chi connectivity index (χ4v) is 4.99. The van der Waals surface area contributed by atoms with E-state index in [2.05, 4.69) is 0 Å². The number of hydrogen-bond acceptors (Lipinski definition) is 4. The van der Waals surface area contributed by atoms with E-state index < -0.39 is 57.6 Å². The molecule has 0 bridgehead atoms. The number of allylic oxidation sites excluding steroid dienone is 1. The average Bonchev–Trinajstić information content (AvgIpc) is 3.06. The minimum absolute atomic E-state index is 0.0762. The molecule has 1 aliphatic heterocycles. The molecule has 12 heteroatoms. The Bertz CT molecular complexity index is 1360. The number of Topliss-reactive ketones (excluding diaryl/α,β-unsaturated/α-hetero) is 1. The molecule has 2 aliphatic rings. The van der Waals surface area contributed by atoms with Crippen LogP contribution in [-0.4, -0.2) is 41.3 Å². The molecule has 1 aliphatic carbocycles. The quantitative estimate of drug-likeness (QED) is 0.501. The topological polar surface area (TPSA) is 75.7 Å². The van der Waals surface area contributed by atoms with Gasteiger partial charge in [-0.2, -0.15) is 26.3 Å². The summed E-state index contributed by atoms with van der Waals surface area (Å²) in [6, 6.07) is 8.97. The van der Waals surface area contributed by atoms with Gasteiger partial charge >= 0.3 is 12.4 Å². The molecule has 39 heavy (non-hydrogen) atoms. The SMILES string of the molecule is COc1ccc(CN2C(=O)[C@@](NC(=O)c3cccc(C(F)(F)F)c3)(C(F)(F)F)C3=C2CC(C)(C)CC3=O)cc1. The van der Waals surface area contributed by atoms with E-state index in [0.29, 0.717) is 23.4 Å². The number of rotatable bonds is 5. The van der Waals surface area contributed by atoms with Gasteiger partial charge in [-0.25, -0.2) is 0 Å². The summed E-state index contributed by atoms with van der Waals surface area (Å²) < 4.78 is 89.4. The summed E-state index contributed by atoms with van der Waals surface area (Å²) in [5, 5.41) is 1.65. The van der Waals surface area contributed by atoms with E-state index in [1.165, 1.54) is 19.2 Å². The minimum atomic E-state index is -5.49. The molecular weight excluding hydrogens is 530 g/mol. The molecule has 6 nitrogen and oxygen atoms in total. The van der Waals surface area contributed by atoms with Crippen LogP contribution in [0.25, 0.3) is 0 Å². The summed E-state index contributed by atoms with van der Waals surface area (Å²) in [5.41, 5.74) is -7.23. The number of methoxy groups -OCH3 is 1. The lowest BCUT2D eigenvalue weighted by atomic mass is 9.72. The van der Waals surface area contributed by atoms with Gasteiger partial charge in [0.25, 0.3) is 11.8 Å². The maximum absolute atomic E-state index is 14.9. The molecule has 0 unspecified atom stereocenters. The van der Waals surface area contributed by atoms with Crippen molar-refractivity contribution in [2.24, 2.45) is 5.41 Å². The Hall–Kier alpha value is -3.83. The maximum atomic E-state index is 14.9. The van der Waals surface area contributed by atoms with Gasteiger partial charge in [-0.15, -0.1) is 0 Å². The van der Waals surface area contributed by atoms with Gasteiger partial charge in [0, 0.05) is 17.7 Å². The Balaban J connectivity index is 1.84. The molecule has 0 fully saturated rings. The van der Waals surface area contributed by atoms with Crippen LogP contribution in [0.3, 0.4) is 0 Å². The average molecular weight is 554 g/mol. The number of carbonyl (C=O) groups is 3. The standard InChI is InChI=1S/C27H24F6N2O4/c1-24(2)12-19-21(20(36)13-24)25(27(31,32)33,23(38)35(19)14-15-7-9-18(39-3)10-8-15)34-22(37)16-5-4-6-17(11-16)26(28,29)30/h4-11H,12-14H2,1-3H3,(H,34,37)/t25-/m1/s1. The van der Waals surface area contributed by atoms with Crippen LogP contribution >= 0.6 is 0 Å². The third-order valence-electron chi connectivity index (χ3n) is 6.80. The molecule has 2 amide bonds. The highest BCUT2D eigenvalue weighted by atomic mass is 19.4. The van der Waals surface area contributed by atoms with Crippen LogP contribution < -0.4 is 10.1 Å². The zero-order chi connectivity index (χ0) is 29.0. The summed E-state index contributed by atoms with van der Waals surface area (Å²) in [5.74, 6) is -3.70. The van der Waals surface area contributed by atoms with Crippen molar-refractivity contribution < 1.29 is 45.5 Å². The summed E-state index contributed by atoms with van der Waals surface area (Å²) in [4.78, 5) is 40.8. The second-order valence-electron chi connectivity index (χ2n) is 10.3. The van der Waals surface area contributed by atoms with Crippen LogP contribution in [0.4, 0.5) is 26.3 Å². The molecule has 0 saturated heterocycles. The number of amides is 2. The molecule has 0 aromatic heterocycles. The predicted molar refractivity (Wildman–Crippen MR) is 126 cm³/mol. The van der Waals surface area contributed by atoms with E-state index in [1.807, 2.05) is 0 Å². The van der Waals surface area contributed by atoms with Gasteiger partial charge in [-0.3, -0.25) is 14.4 Å². The number of ketones is 1. The van der Waals surface area contributed by atoms with Gasteiger partial charge in [0.1, 0.15) is 5.75 Å². The van der Waals surface area contributed by atoms with E-state index in [-0.39, 0.29) is 25.1 Å². The fraction of sp³-hybridized carbons (Fsp3) is 0.370. The van der Waals surface area contributed by atoms with Crippen molar-refractivity contribution in [1.82, 2.24) is 10.2 Å². The van der Waals surface area contributed by atoms with Crippen molar-refractivity contribution >= 4 is 17.6 Å². The number of alkyl halides is 6. The third kappa shape index (κ3) is 4.99. The van der Waals surface area contributed by atoms with Crippen LogP contribution in [-0.2, 0) is 22.3 Å². The predicted octanol–water partition coefficient (Wildman–Crippen LogP) is 5.43. The van der Waals surface area contributed by atoms with Crippen molar-refractivity contribution in [2.75, 3.05) is 7.11 Å². The van der Waals surface area contributed by atoms with Crippen LogP contribution in [0.1, 0.15) is 48.2 Å². The Kier molecular flexibility index (Phi) is 6.81. The number of nitrogens with one attached hydrogen (secondary N) is 1. The summed E-state index contributed by atoms with van der Waals surface area (Å²) >= 11 is 0. The van der Waals surface area contributed by atoms with Crippen molar-refractivity contribution in [3.63, 3.8) is 0 Å². The van der Waals surface area contributed by atoms with Gasteiger partial charge in [0.2, 0.25) is 5.54 Å². The monoisotopic (exact) mass is 554 g/mol. The number of benzene rings is 2. The fourth-order valence-electron chi connectivity index (χ4n) is 4.99. The zero-order valence-corrected chi connectivity index (χ0v) is 21.1. The molecule has 208 valence electrons. The highest BCUT2D eigenvalue weighted by molar-refractivity contribution is 6.14. The van der Waals surface area contributed by atoms with Gasteiger partial charge in [-0.1, -0.05) is 32.0 Å². The molecule has 1 heterocycles. The maximum Gasteiger partial charge on any atom is 0.425 e. The first-order valence-corrected chi connectivity index (χ1v) is 11.8. The summed E-state index contributed by atoms with van der Waals surface area (Å²) in [6.07, 6.45) is -10.8. The molecular formula is C27H24F6N2O4. The number of carbonyl (C=O) groups excluding carboxylic acids is 3. The van der Waals surface area contributed by atoms with Crippen molar-refractivity contribution in [2.45, 2.75) is 51.1 Å². The first kappa shape index (κ1) is 28.2. The second kappa shape index (κ2) is 9.42. The zero-order valence-electron chi connectivity index (χ0n) is 21.1. The molecule has 1 atom stereocenters. The first-order valence-electron chi connectivity index (χ1n) is 11.8. The lowest BCUT2D eigenvalue weighted by Gasteiger charge is -2.35. The molecule has 1 N–H and O–H groups in total. The lowest BCUT2D eigenvalue weighted by molar-refractivity contribution is -0.190. The van der Waals surface area contributed by atoms with E-state index >= 15 is 0 Å². The van der Waals surface area contributed by atoms with Crippen LogP contribution in [0.2, 0.25) is 0 Å². The largest absolute Gasteiger partial charge is 0.497 e. The van der Waals surface area contributed by atoms with E-state index in [9.17, 15) is 40.7 Å². The summed E-state index contributed by atoms with van der Waals surface area (Å²) in [6.45, 7) is 2.99. The number of nitrogens with zero attached hydrogens (tertiary/aromatic N) is 1. The normalized spacial score (nSPS) is 21.2. The molecule has 2 aromatic carbocycles. The van der Waals surface area contributed by atoms with E-state index in [4.69, 9.17) is 4.74 Å². The van der Waals surface area contributed by atoms with Crippen molar-refractivity contribution in [1.29, 1.82) is 0 Å². The summed E-state index contributed by atoms with van der Waals surface area (Å²) in [7, 11) is 1.43. The Morgan fingerprint density at radius 3 is 2.21 bits per heavy atom. The molecule has 4 rings (SSSR count). The lowest BCUT2D eigenvalue weighted by Crippen LogP contribution is -2.66. The molecule has 0 saturated carbocycles. The van der Waals surface area contributed by atoms with E-state index in [1.54, 1.807) is 31.3 Å². The van der Waals surface area contributed by atoms with Crippen LogP contribution in [0.5, 0.6) is 5.75 Å². The smallest absolute Gasteiger partial charge is 0.425 e. The Morgan fingerprint density at radius 2 is 1.64 bits per heavy atom. The highest BCUT2D eigenvalue weighted by Crippen LogP contribution is 2.52. The van der Waals surface area contributed by atoms with Crippen LogP contribution in [0, 0.1) is 5.41 Å². The first-order chi connectivity index (χ1) is 18.0. The highest BCUT2D eigenvalue weighted by Gasteiger charge is 2.71. The van der Waals surface area contributed by atoms with Gasteiger partial charge in [0.15, 0.2) is 5.78 Å². The van der Waals surface area contributed by atoms with E-state index in [0.717, 1.165) is 17.0 Å². The third-order valence-corrected chi connectivity index (χ3v) is 6.80. The van der Waals surface area contributed by atoms with Gasteiger partial charge in [0.05, 0.1) is 24.8 Å². The Labute approximate surface area is 219 Å². The number of hydrogen-bond donors (Lipinski definition) is 1. The van der Waals surface area contributed by atoms with Crippen molar-refractivity contribution in [3.8, 4) is 5.75 Å². The molecule has 0 spiro atoms. The van der Waals surface area contributed by atoms with Gasteiger partial charge in [-0.05, 0) is 47.7 Å². The molecule has 0 radical (unpaired) electrons. The van der Waals surface area contributed by atoms with Gasteiger partial charge < -0.3 is 15.0 Å². The number of ether oxygens (including phenoxy) is 1. The minimum Gasteiger partial charge on any atom is -0.497 e. The second-order valence-corrected chi connectivity index (χ2v) is 10.3.